The first-order valence-corrected chi connectivity index (χ1v) is 8.43. The molecule has 4 amide bonds. The number of nitrogens with zero attached hydrogens (tertiary/aromatic N) is 2. The number of hydrogen-bond acceptors (Lipinski definition) is 3. The van der Waals surface area contributed by atoms with Crippen molar-refractivity contribution in [3.05, 3.63) is 60.2 Å². The van der Waals surface area contributed by atoms with Crippen molar-refractivity contribution in [2.75, 3.05) is 14.1 Å². The molecule has 1 N–H and O–H groups in total. The quantitative estimate of drug-likeness (QED) is 0.840. The zero-order valence-corrected chi connectivity index (χ0v) is 14.8. The number of rotatable bonds is 5. The van der Waals surface area contributed by atoms with E-state index in [9.17, 15) is 14.4 Å². The standard InChI is InChI=1S/C20H21N3O3/c1-22-17(19(25)23(2)20(22)26)12-18(24)21-13-14-7-6-10-16(11-14)15-8-4-3-5-9-15/h3-11,17H,12-13H2,1-2H3,(H,21,24)/t17-/m0/s1. The van der Waals surface area contributed by atoms with Crippen molar-refractivity contribution in [3.63, 3.8) is 0 Å². The first-order valence-electron chi connectivity index (χ1n) is 8.43. The van der Waals surface area contributed by atoms with Crippen LogP contribution in [-0.2, 0) is 16.1 Å². The lowest BCUT2D eigenvalue weighted by Crippen LogP contribution is -2.37. The summed E-state index contributed by atoms with van der Waals surface area (Å²) in [5.41, 5.74) is 3.16. The van der Waals surface area contributed by atoms with Crippen LogP contribution in [-0.4, -0.2) is 47.8 Å². The summed E-state index contributed by atoms with van der Waals surface area (Å²) in [7, 11) is 2.96. The summed E-state index contributed by atoms with van der Waals surface area (Å²) in [6.45, 7) is 0.369. The molecule has 0 unspecified atom stereocenters. The Kier molecular flexibility index (Phi) is 5.02. The number of hydrogen-bond donors (Lipinski definition) is 1. The Hall–Kier alpha value is -3.15. The highest BCUT2D eigenvalue weighted by molar-refractivity contribution is 6.05. The average molecular weight is 351 g/mol. The van der Waals surface area contributed by atoms with Gasteiger partial charge in [-0.3, -0.25) is 14.5 Å². The van der Waals surface area contributed by atoms with Crippen molar-refractivity contribution in [3.8, 4) is 11.1 Å². The molecule has 3 rings (SSSR count). The largest absolute Gasteiger partial charge is 0.352 e. The third-order valence-electron chi connectivity index (χ3n) is 4.57. The Morgan fingerprint density at radius 3 is 2.35 bits per heavy atom. The number of carbonyl (C=O) groups excluding carboxylic acids is 3. The van der Waals surface area contributed by atoms with Crippen LogP contribution in [0.25, 0.3) is 11.1 Å². The van der Waals surface area contributed by atoms with Gasteiger partial charge in [0.1, 0.15) is 6.04 Å². The highest BCUT2D eigenvalue weighted by atomic mass is 16.2. The van der Waals surface area contributed by atoms with Gasteiger partial charge in [0.15, 0.2) is 0 Å². The SMILES string of the molecule is CN1C(=O)[C@H](CC(=O)NCc2cccc(-c3ccccc3)c2)N(C)C1=O. The van der Waals surface area contributed by atoms with E-state index in [0.29, 0.717) is 6.54 Å². The molecule has 0 spiro atoms. The summed E-state index contributed by atoms with van der Waals surface area (Å²) in [6, 6.07) is 16.8. The van der Waals surface area contributed by atoms with Crippen LogP contribution in [0.2, 0.25) is 0 Å². The monoisotopic (exact) mass is 351 g/mol. The predicted octanol–water partition coefficient (Wildman–Crippen LogP) is 2.25. The molecule has 0 aliphatic carbocycles. The Morgan fingerprint density at radius 2 is 1.69 bits per heavy atom. The van der Waals surface area contributed by atoms with Gasteiger partial charge in [-0.2, -0.15) is 0 Å². The summed E-state index contributed by atoms with van der Waals surface area (Å²) >= 11 is 0. The average Bonchev–Trinajstić information content (AvgIpc) is 2.85. The van der Waals surface area contributed by atoms with Crippen LogP contribution in [0.1, 0.15) is 12.0 Å². The van der Waals surface area contributed by atoms with Gasteiger partial charge in [0, 0.05) is 20.6 Å². The number of amides is 4. The summed E-state index contributed by atoms with van der Waals surface area (Å²) in [6.07, 6.45) is -0.0379. The van der Waals surface area contributed by atoms with Gasteiger partial charge in [0.2, 0.25) is 5.91 Å². The zero-order valence-electron chi connectivity index (χ0n) is 14.8. The fraction of sp³-hybridized carbons (Fsp3) is 0.250. The van der Waals surface area contributed by atoms with Gasteiger partial charge in [-0.25, -0.2) is 4.79 Å². The molecular weight excluding hydrogens is 330 g/mol. The number of carbonyl (C=O) groups is 3. The van der Waals surface area contributed by atoms with Crippen molar-refractivity contribution in [1.29, 1.82) is 0 Å². The van der Waals surface area contributed by atoms with E-state index >= 15 is 0 Å². The Bertz CT molecular complexity index is 835. The second-order valence-electron chi connectivity index (χ2n) is 6.35. The number of nitrogens with one attached hydrogen (secondary N) is 1. The first kappa shape index (κ1) is 17.7. The molecule has 1 fully saturated rings. The van der Waals surface area contributed by atoms with Crippen LogP contribution in [0.5, 0.6) is 0 Å². The van der Waals surface area contributed by atoms with Gasteiger partial charge in [0.05, 0.1) is 6.42 Å². The third-order valence-corrected chi connectivity index (χ3v) is 4.57. The van der Waals surface area contributed by atoms with E-state index in [2.05, 4.69) is 5.32 Å². The molecule has 0 aromatic heterocycles. The van der Waals surface area contributed by atoms with E-state index in [1.165, 1.54) is 19.0 Å². The molecule has 1 aliphatic rings. The number of benzene rings is 2. The molecule has 1 saturated heterocycles. The van der Waals surface area contributed by atoms with Crippen LogP contribution < -0.4 is 5.32 Å². The minimum Gasteiger partial charge on any atom is -0.352 e. The van der Waals surface area contributed by atoms with Crippen LogP contribution in [0, 0.1) is 0 Å². The van der Waals surface area contributed by atoms with Crippen molar-refractivity contribution < 1.29 is 14.4 Å². The van der Waals surface area contributed by atoms with Gasteiger partial charge in [-0.1, -0.05) is 48.5 Å². The summed E-state index contributed by atoms with van der Waals surface area (Å²) in [5, 5.41) is 2.83. The van der Waals surface area contributed by atoms with E-state index in [0.717, 1.165) is 21.6 Å². The van der Waals surface area contributed by atoms with Crippen molar-refractivity contribution >= 4 is 17.8 Å². The maximum atomic E-state index is 12.2. The fourth-order valence-corrected chi connectivity index (χ4v) is 3.02. The lowest BCUT2D eigenvalue weighted by Gasteiger charge is -2.15. The topological polar surface area (TPSA) is 69.7 Å². The second-order valence-corrected chi connectivity index (χ2v) is 6.35. The summed E-state index contributed by atoms with van der Waals surface area (Å²) in [4.78, 5) is 38.3. The van der Waals surface area contributed by atoms with Crippen molar-refractivity contribution in [2.24, 2.45) is 0 Å². The number of urea groups is 1. The summed E-state index contributed by atoms with van der Waals surface area (Å²) in [5.74, 6) is -0.609. The Balaban J connectivity index is 1.60. The number of likely N-dealkylation sites (N-methyl/N-ethyl adjacent to an activating group) is 2. The Labute approximate surface area is 152 Å². The lowest BCUT2D eigenvalue weighted by molar-refractivity contribution is -0.131. The highest BCUT2D eigenvalue weighted by Gasteiger charge is 2.41. The predicted molar refractivity (Wildman–Crippen MR) is 98.1 cm³/mol. The maximum absolute atomic E-state index is 12.2. The zero-order chi connectivity index (χ0) is 18.7. The van der Waals surface area contributed by atoms with Gasteiger partial charge in [-0.05, 0) is 22.8 Å². The van der Waals surface area contributed by atoms with Crippen LogP contribution >= 0.6 is 0 Å². The molecule has 6 heteroatoms. The fourth-order valence-electron chi connectivity index (χ4n) is 3.02. The number of imide groups is 1. The van der Waals surface area contributed by atoms with Crippen molar-refractivity contribution in [1.82, 2.24) is 15.1 Å². The molecule has 0 saturated carbocycles. The van der Waals surface area contributed by atoms with Gasteiger partial charge >= 0.3 is 6.03 Å². The molecule has 1 aliphatic heterocycles. The van der Waals surface area contributed by atoms with Crippen molar-refractivity contribution in [2.45, 2.75) is 19.0 Å². The van der Waals surface area contributed by atoms with Crippen LogP contribution in [0.3, 0.4) is 0 Å². The van der Waals surface area contributed by atoms with Crippen LogP contribution in [0.15, 0.2) is 54.6 Å². The van der Waals surface area contributed by atoms with E-state index in [1.807, 2.05) is 54.6 Å². The molecule has 1 atom stereocenters. The minimum absolute atomic E-state index is 0.0379. The molecular formula is C20H21N3O3. The lowest BCUT2D eigenvalue weighted by atomic mass is 10.0. The molecule has 26 heavy (non-hydrogen) atoms. The van der Waals surface area contributed by atoms with E-state index in [-0.39, 0.29) is 24.3 Å². The molecule has 0 bridgehead atoms. The molecule has 2 aromatic carbocycles. The maximum Gasteiger partial charge on any atom is 0.326 e. The minimum atomic E-state index is -0.733. The summed E-state index contributed by atoms with van der Waals surface area (Å²) < 4.78 is 0. The molecule has 0 radical (unpaired) electrons. The molecule has 6 nitrogen and oxygen atoms in total. The molecule has 2 aromatic rings. The van der Waals surface area contributed by atoms with E-state index in [1.54, 1.807) is 0 Å². The van der Waals surface area contributed by atoms with Gasteiger partial charge < -0.3 is 10.2 Å². The third kappa shape index (κ3) is 3.59. The molecule has 1 heterocycles. The Morgan fingerprint density at radius 1 is 1.00 bits per heavy atom. The first-order chi connectivity index (χ1) is 12.5. The normalized spacial score (nSPS) is 16.9. The second kappa shape index (κ2) is 7.39. The van der Waals surface area contributed by atoms with Gasteiger partial charge in [-0.15, -0.1) is 0 Å². The highest BCUT2D eigenvalue weighted by Crippen LogP contribution is 2.20. The molecule has 134 valence electrons. The van der Waals surface area contributed by atoms with E-state index in [4.69, 9.17) is 0 Å². The van der Waals surface area contributed by atoms with E-state index < -0.39 is 6.04 Å². The van der Waals surface area contributed by atoms with Gasteiger partial charge in [0.25, 0.3) is 5.91 Å². The smallest absolute Gasteiger partial charge is 0.326 e. The van der Waals surface area contributed by atoms with Crippen LogP contribution in [0.4, 0.5) is 4.79 Å².